The van der Waals surface area contributed by atoms with Crippen LogP contribution in [0.15, 0.2) is 60.7 Å². The van der Waals surface area contributed by atoms with E-state index in [0.717, 1.165) is 22.4 Å². The molecule has 0 aliphatic heterocycles. The van der Waals surface area contributed by atoms with Gasteiger partial charge in [-0.15, -0.1) is 0 Å². The molecule has 0 saturated heterocycles. The average molecular weight is 245 g/mol. The van der Waals surface area contributed by atoms with Crippen LogP contribution in [0.2, 0.25) is 0 Å². The van der Waals surface area contributed by atoms with Gasteiger partial charge in [-0.1, -0.05) is 30.3 Å². The summed E-state index contributed by atoms with van der Waals surface area (Å²) in [5, 5.41) is 13.3. The number of rotatable bonds is 2. The highest BCUT2D eigenvalue weighted by Gasteiger charge is 2.02. The number of nitrogens with one attached hydrogen (secondary N) is 1. The lowest BCUT2D eigenvalue weighted by atomic mass is 10.2. The fourth-order valence-electron chi connectivity index (χ4n) is 1.96. The Bertz CT molecular complexity index is 772. The summed E-state index contributed by atoms with van der Waals surface area (Å²) in [4.78, 5) is 4.53. The Kier molecular flexibility index (Phi) is 2.83. The van der Waals surface area contributed by atoms with Gasteiger partial charge in [0.25, 0.3) is 0 Å². The van der Waals surface area contributed by atoms with Gasteiger partial charge in [-0.2, -0.15) is 5.26 Å². The molecule has 19 heavy (non-hydrogen) atoms. The third-order valence-corrected chi connectivity index (χ3v) is 2.91. The van der Waals surface area contributed by atoms with E-state index in [4.69, 9.17) is 5.26 Å². The van der Waals surface area contributed by atoms with Gasteiger partial charge < -0.3 is 5.32 Å². The summed E-state index contributed by atoms with van der Waals surface area (Å²) >= 11 is 0. The lowest BCUT2D eigenvalue weighted by Gasteiger charge is -2.07. The molecule has 0 bridgehead atoms. The zero-order chi connectivity index (χ0) is 13.1. The summed E-state index contributed by atoms with van der Waals surface area (Å²) in [6.07, 6.45) is 0. The van der Waals surface area contributed by atoms with E-state index in [2.05, 4.69) is 16.4 Å². The van der Waals surface area contributed by atoms with Crippen molar-refractivity contribution in [3.63, 3.8) is 0 Å². The fraction of sp³-hybridized carbons (Fsp3) is 0. The summed E-state index contributed by atoms with van der Waals surface area (Å²) in [5.41, 5.74) is 2.31. The molecule has 3 aromatic rings. The Hall–Kier alpha value is -2.86. The molecule has 0 fully saturated rings. The second-order valence-corrected chi connectivity index (χ2v) is 4.17. The van der Waals surface area contributed by atoms with Crippen LogP contribution in [0.3, 0.4) is 0 Å². The molecule has 0 spiro atoms. The molecular formula is C16H11N3. The zero-order valence-electron chi connectivity index (χ0n) is 10.2. The van der Waals surface area contributed by atoms with Crippen LogP contribution in [0.25, 0.3) is 10.9 Å². The van der Waals surface area contributed by atoms with Crippen LogP contribution in [-0.2, 0) is 0 Å². The highest BCUT2D eigenvalue weighted by Crippen LogP contribution is 2.21. The first-order valence-corrected chi connectivity index (χ1v) is 5.99. The van der Waals surface area contributed by atoms with E-state index in [9.17, 15) is 0 Å². The van der Waals surface area contributed by atoms with Crippen LogP contribution in [-0.4, -0.2) is 4.98 Å². The lowest BCUT2D eigenvalue weighted by molar-refractivity contribution is 1.36. The molecule has 0 aliphatic rings. The smallest absolute Gasteiger partial charge is 0.131 e. The highest BCUT2D eigenvalue weighted by atomic mass is 15.0. The van der Waals surface area contributed by atoms with Crippen molar-refractivity contribution >= 4 is 22.4 Å². The molecule has 90 valence electrons. The van der Waals surface area contributed by atoms with Crippen molar-refractivity contribution in [3.05, 3.63) is 66.2 Å². The molecule has 1 N–H and O–H groups in total. The minimum Gasteiger partial charge on any atom is -0.339 e. The zero-order valence-corrected chi connectivity index (χ0v) is 10.2. The topological polar surface area (TPSA) is 48.7 Å². The van der Waals surface area contributed by atoms with Crippen LogP contribution in [0, 0.1) is 11.3 Å². The number of hydrogen-bond acceptors (Lipinski definition) is 3. The molecule has 1 heterocycles. The van der Waals surface area contributed by atoms with Crippen molar-refractivity contribution in [3.8, 4) is 6.07 Å². The number of fused-ring (bicyclic) bond motifs is 1. The second kappa shape index (κ2) is 4.79. The number of benzene rings is 2. The number of nitrogens with zero attached hydrogens (tertiary/aromatic N) is 2. The van der Waals surface area contributed by atoms with E-state index in [0.29, 0.717) is 5.56 Å². The van der Waals surface area contributed by atoms with E-state index in [-0.39, 0.29) is 0 Å². The molecule has 3 rings (SSSR count). The van der Waals surface area contributed by atoms with Crippen molar-refractivity contribution in [2.75, 3.05) is 5.32 Å². The molecular weight excluding hydrogens is 234 g/mol. The number of para-hydroxylation sites is 2. The number of anilines is 2. The van der Waals surface area contributed by atoms with Gasteiger partial charge in [0.2, 0.25) is 0 Å². The van der Waals surface area contributed by atoms with Gasteiger partial charge in [0, 0.05) is 5.39 Å². The summed E-state index contributed by atoms with van der Waals surface area (Å²) in [5.74, 6) is 0.737. The molecule has 3 nitrogen and oxygen atoms in total. The van der Waals surface area contributed by atoms with E-state index < -0.39 is 0 Å². The normalized spacial score (nSPS) is 10.1. The van der Waals surface area contributed by atoms with Crippen LogP contribution in [0.1, 0.15) is 5.56 Å². The van der Waals surface area contributed by atoms with Crippen molar-refractivity contribution in [1.82, 2.24) is 4.98 Å². The van der Waals surface area contributed by atoms with Crippen molar-refractivity contribution in [1.29, 1.82) is 5.26 Å². The Balaban J connectivity index is 1.99. The van der Waals surface area contributed by atoms with Crippen molar-refractivity contribution in [2.24, 2.45) is 0 Å². The van der Waals surface area contributed by atoms with E-state index in [1.54, 1.807) is 6.07 Å². The van der Waals surface area contributed by atoms with Gasteiger partial charge in [-0.05, 0) is 30.3 Å². The first kappa shape index (κ1) is 11.2. The van der Waals surface area contributed by atoms with Gasteiger partial charge in [0.05, 0.1) is 16.8 Å². The second-order valence-electron chi connectivity index (χ2n) is 4.17. The van der Waals surface area contributed by atoms with Crippen LogP contribution in [0.5, 0.6) is 0 Å². The molecule has 0 amide bonds. The van der Waals surface area contributed by atoms with Crippen LogP contribution >= 0.6 is 0 Å². The number of pyridine rings is 1. The molecule has 0 atom stereocenters. The standard InChI is InChI=1S/C16H11N3/c17-11-13-6-2-4-8-15(13)19-16-10-9-12-5-1-3-7-14(12)18-16/h1-10H,(H,18,19). The molecule has 0 radical (unpaired) electrons. The van der Waals surface area contributed by atoms with Crippen molar-refractivity contribution < 1.29 is 0 Å². The Morgan fingerprint density at radius 1 is 0.895 bits per heavy atom. The quantitative estimate of drug-likeness (QED) is 0.746. The van der Waals surface area contributed by atoms with Gasteiger partial charge in [-0.3, -0.25) is 0 Å². The Labute approximate surface area is 111 Å². The molecule has 1 aromatic heterocycles. The maximum Gasteiger partial charge on any atom is 0.131 e. The van der Waals surface area contributed by atoms with E-state index >= 15 is 0 Å². The lowest BCUT2D eigenvalue weighted by Crippen LogP contribution is -1.95. The summed E-state index contributed by atoms with van der Waals surface area (Å²) < 4.78 is 0. The summed E-state index contributed by atoms with van der Waals surface area (Å²) in [6.45, 7) is 0. The Morgan fingerprint density at radius 3 is 2.58 bits per heavy atom. The summed E-state index contributed by atoms with van der Waals surface area (Å²) in [6, 6.07) is 21.4. The maximum absolute atomic E-state index is 9.06. The van der Waals surface area contributed by atoms with Gasteiger partial charge in [0.15, 0.2) is 0 Å². The number of aromatic nitrogens is 1. The molecule has 0 unspecified atom stereocenters. The molecule has 0 saturated carbocycles. The summed E-state index contributed by atoms with van der Waals surface area (Å²) in [7, 11) is 0. The third kappa shape index (κ3) is 2.24. The first-order valence-electron chi connectivity index (χ1n) is 5.99. The third-order valence-electron chi connectivity index (χ3n) is 2.91. The average Bonchev–Trinajstić information content (AvgIpc) is 2.48. The van der Waals surface area contributed by atoms with Crippen LogP contribution < -0.4 is 5.32 Å². The monoisotopic (exact) mass is 245 g/mol. The number of hydrogen-bond donors (Lipinski definition) is 1. The fourth-order valence-corrected chi connectivity index (χ4v) is 1.96. The first-order chi connectivity index (χ1) is 9.36. The SMILES string of the molecule is N#Cc1ccccc1Nc1ccc2ccccc2n1. The van der Waals surface area contributed by atoms with Crippen LogP contribution in [0.4, 0.5) is 11.5 Å². The molecule has 2 aromatic carbocycles. The molecule has 3 heteroatoms. The van der Waals surface area contributed by atoms with Gasteiger partial charge >= 0.3 is 0 Å². The minimum atomic E-state index is 0.609. The predicted octanol–water partition coefficient (Wildman–Crippen LogP) is 3.85. The number of nitriles is 1. The predicted molar refractivity (Wildman–Crippen MR) is 76.2 cm³/mol. The highest BCUT2D eigenvalue weighted by molar-refractivity contribution is 5.81. The minimum absolute atomic E-state index is 0.609. The van der Waals surface area contributed by atoms with Gasteiger partial charge in [-0.25, -0.2) is 4.98 Å². The molecule has 0 aliphatic carbocycles. The van der Waals surface area contributed by atoms with E-state index in [1.807, 2.05) is 54.6 Å². The van der Waals surface area contributed by atoms with Crippen molar-refractivity contribution in [2.45, 2.75) is 0 Å². The maximum atomic E-state index is 9.06. The van der Waals surface area contributed by atoms with E-state index in [1.165, 1.54) is 0 Å². The Morgan fingerprint density at radius 2 is 1.68 bits per heavy atom. The van der Waals surface area contributed by atoms with Gasteiger partial charge in [0.1, 0.15) is 11.9 Å². The largest absolute Gasteiger partial charge is 0.339 e.